The van der Waals surface area contributed by atoms with Crippen molar-refractivity contribution in [2.45, 2.75) is 4.90 Å². The number of amides is 1. The highest BCUT2D eigenvalue weighted by molar-refractivity contribution is 8.13. The molecule has 1 amide bonds. The molecule has 0 spiro atoms. The van der Waals surface area contributed by atoms with Gasteiger partial charge in [-0.3, -0.25) is 19.9 Å². The van der Waals surface area contributed by atoms with E-state index in [4.69, 9.17) is 11.1 Å². The van der Waals surface area contributed by atoms with Crippen LogP contribution in [-0.4, -0.2) is 36.9 Å². The molecule has 0 fully saturated rings. The van der Waals surface area contributed by atoms with Gasteiger partial charge in [0.25, 0.3) is 15.3 Å². The number of benzene rings is 1. The first-order valence-electron chi connectivity index (χ1n) is 7.00. The Hall–Kier alpha value is -2.38. The van der Waals surface area contributed by atoms with E-state index in [1.54, 1.807) is 0 Å². The van der Waals surface area contributed by atoms with Gasteiger partial charge >= 0.3 is 0 Å². The average molecular weight is 419 g/mol. The van der Waals surface area contributed by atoms with Gasteiger partial charge in [-0.2, -0.15) is 0 Å². The molecule has 0 saturated heterocycles. The van der Waals surface area contributed by atoms with Gasteiger partial charge in [0.2, 0.25) is 0 Å². The Labute approximate surface area is 157 Å². The van der Waals surface area contributed by atoms with E-state index < -0.39 is 21.1 Å². The Morgan fingerprint density at radius 2 is 2.19 bits per heavy atom. The molecule has 0 atom stereocenters. The molecule has 13 heteroatoms. The lowest BCUT2D eigenvalue weighted by Gasteiger charge is -2.09. The largest absolute Gasteiger partial charge is 0.370 e. The van der Waals surface area contributed by atoms with Crippen molar-refractivity contribution >= 4 is 55.0 Å². The van der Waals surface area contributed by atoms with Crippen LogP contribution in [0.5, 0.6) is 0 Å². The zero-order chi connectivity index (χ0) is 19.2. The number of aromatic nitrogens is 1. The van der Waals surface area contributed by atoms with Crippen molar-refractivity contribution in [1.29, 1.82) is 5.41 Å². The van der Waals surface area contributed by atoms with E-state index in [1.807, 2.05) is 0 Å². The number of nitrogens with zero attached hydrogens (tertiary/aromatic N) is 1. The molecule has 140 valence electrons. The van der Waals surface area contributed by atoms with Gasteiger partial charge in [0.15, 0.2) is 5.96 Å². The molecule has 2 aromatic rings. The van der Waals surface area contributed by atoms with Crippen LogP contribution >= 0.6 is 23.1 Å². The maximum Gasteiger partial charge on any atom is 0.283 e. The number of rotatable bonds is 7. The van der Waals surface area contributed by atoms with E-state index in [-0.39, 0.29) is 16.5 Å². The second-order valence-corrected chi connectivity index (χ2v) is 8.35. The first-order chi connectivity index (χ1) is 12.3. The Morgan fingerprint density at radius 3 is 2.81 bits per heavy atom. The molecular weight excluding hydrogens is 403 g/mol. The Kier molecular flexibility index (Phi) is 6.76. The number of carbonyl (C=O) groups excluding carboxylic acids is 1. The van der Waals surface area contributed by atoms with Crippen molar-refractivity contribution in [2.75, 3.05) is 22.3 Å². The molecule has 0 saturated carbocycles. The summed E-state index contributed by atoms with van der Waals surface area (Å²) in [5.41, 5.74) is 6.42. The van der Waals surface area contributed by atoms with Crippen molar-refractivity contribution in [3.8, 4) is 0 Å². The topological polar surface area (TPSA) is 150 Å². The highest BCUT2D eigenvalue weighted by Crippen LogP contribution is 2.23. The quantitative estimate of drug-likeness (QED) is 0.261. The van der Waals surface area contributed by atoms with Crippen LogP contribution in [0.1, 0.15) is 0 Å². The normalized spacial score (nSPS) is 11.0. The number of carbonyl (C=O) groups is 1. The molecule has 0 radical (unpaired) electrons. The van der Waals surface area contributed by atoms with Crippen LogP contribution in [0.25, 0.3) is 0 Å². The average Bonchev–Trinajstić information content (AvgIpc) is 3.05. The van der Waals surface area contributed by atoms with Crippen LogP contribution in [0.2, 0.25) is 0 Å². The fourth-order valence-corrected chi connectivity index (χ4v) is 4.09. The summed E-state index contributed by atoms with van der Waals surface area (Å²) in [5.74, 6) is -0.771. The zero-order valence-corrected chi connectivity index (χ0v) is 15.6. The van der Waals surface area contributed by atoms with Crippen molar-refractivity contribution in [1.82, 2.24) is 10.3 Å². The van der Waals surface area contributed by atoms with Gasteiger partial charge in [-0.1, -0.05) is 11.8 Å². The molecule has 2 rings (SSSR count). The van der Waals surface area contributed by atoms with Crippen LogP contribution in [0.4, 0.5) is 19.9 Å². The molecule has 1 aromatic carbocycles. The first-order valence-corrected chi connectivity index (χ1v) is 10.4. The smallest absolute Gasteiger partial charge is 0.283 e. The number of anilines is 2. The lowest BCUT2D eigenvalue weighted by molar-refractivity contribution is 0.269. The van der Waals surface area contributed by atoms with Crippen molar-refractivity contribution in [2.24, 2.45) is 5.73 Å². The Balaban J connectivity index is 1.98. The highest BCUT2D eigenvalue weighted by atomic mass is 32.2. The molecule has 0 bridgehead atoms. The van der Waals surface area contributed by atoms with Gasteiger partial charge in [0.1, 0.15) is 10.8 Å². The second kappa shape index (κ2) is 8.82. The van der Waals surface area contributed by atoms with E-state index in [0.29, 0.717) is 17.3 Å². The number of sulfonamides is 1. The number of hydrogen-bond acceptors (Lipinski definition) is 7. The lowest BCUT2D eigenvalue weighted by atomic mass is 10.3. The summed E-state index contributed by atoms with van der Waals surface area (Å²) < 4.78 is 40.8. The maximum absolute atomic E-state index is 14.1. The van der Waals surface area contributed by atoms with Crippen LogP contribution in [0.3, 0.4) is 0 Å². The first kappa shape index (κ1) is 19.9. The molecule has 0 aliphatic carbocycles. The SMILES string of the molecule is N=C(N)NCCSC(=O)Nc1ccc(S(=O)(=O)Nc2cncs2)cc1F. The molecule has 1 aromatic heterocycles. The second-order valence-electron chi connectivity index (χ2n) is 4.71. The Morgan fingerprint density at radius 1 is 1.42 bits per heavy atom. The summed E-state index contributed by atoms with van der Waals surface area (Å²) >= 11 is 1.96. The number of halogens is 1. The fraction of sp³-hybridized carbons (Fsp3) is 0.154. The van der Waals surface area contributed by atoms with Crippen LogP contribution in [0.15, 0.2) is 34.8 Å². The molecule has 26 heavy (non-hydrogen) atoms. The van der Waals surface area contributed by atoms with Crippen molar-refractivity contribution in [3.63, 3.8) is 0 Å². The van der Waals surface area contributed by atoms with E-state index in [2.05, 4.69) is 20.3 Å². The van der Waals surface area contributed by atoms with Gasteiger partial charge in [-0.05, 0) is 18.2 Å². The summed E-state index contributed by atoms with van der Waals surface area (Å²) in [6.07, 6.45) is 1.34. The van der Waals surface area contributed by atoms with Crippen LogP contribution in [-0.2, 0) is 10.0 Å². The summed E-state index contributed by atoms with van der Waals surface area (Å²) in [6, 6.07) is 3.17. The fourth-order valence-electron chi connectivity index (χ4n) is 1.70. The molecule has 0 unspecified atom stereocenters. The molecule has 0 aliphatic heterocycles. The number of thioether (sulfide) groups is 1. The molecule has 9 nitrogen and oxygen atoms in total. The zero-order valence-electron chi connectivity index (χ0n) is 13.2. The standard InChI is InChI=1S/C13H15FN6O3S3/c14-9-5-8(26(22,23)20-11-6-17-7-25-11)1-2-10(9)19-13(21)24-4-3-18-12(15)16/h1-2,5-7,20H,3-4H2,(H,19,21)(H4,15,16,18). The third-order valence-corrected chi connectivity index (χ3v) is 5.76. The number of nitrogens with one attached hydrogen (secondary N) is 4. The monoisotopic (exact) mass is 418 g/mol. The lowest BCUT2D eigenvalue weighted by Crippen LogP contribution is -2.32. The predicted molar refractivity (Wildman–Crippen MR) is 101 cm³/mol. The Bertz CT molecular complexity index is 889. The summed E-state index contributed by atoms with van der Waals surface area (Å²) in [7, 11) is -3.95. The van der Waals surface area contributed by atoms with Crippen molar-refractivity contribution < 1.29 is 17.6 Å². The molecule has 6 N–H and O–H groups in total. The van der Waals surface area contributed by atoms with Crippen LogP contribution in [0, 0.1) is 11.2 Å². The van der Waals surface area contributed by atoms with E-state index in [0.717, 1.165) is 29.2 Å². The minimum Gasteiger partial charge on any atom is -0.370 e. The molecular formula is C13H15FN6O3S3. The van der Waals surface area contributed by atoms with Gasteiger partial charge < -0.3 is 16.4 Å². The van der Waals surface area contributed by atoms with E-state index >= 15 is 0 Å². The molecule has 0 aliphatic rings. The number of nitrogens with two attached hydrogens (primary N) is 1. The summed E-state index contributed by atoms with van der Waals surface area (Å²) in [5, 5.41) is 11.6. The van der Waals surface area contributed by atoms with E-state index in [9.17, 15) is 17.6 Å². The number of guanidine groups is 1. The highest BCUT2D eigenvalue weighted by Gasteiger charge is 2.18. The van der Waals surface area contributed by atoms with Gasteiger partial charge in [-0.15, -0.1) is 11.3 Å². The minimum absolute atomic E-state index is 0.140. The molecule has 1 heterocycles. The van der Waals surface area contributed by atoms with Crippen LogP contribution < -0.4 is 21.1 Å². The van der Waals surface area contributed by atoms with Gasteiger partial charge in [0, 0.05) is 12.3 Å². The van der Waals surface area contributed by atoms with Crippen molar-refractivity contribution in [3.05, 3.63) is 35.7 Å². The number of hydrogen-bond donors (Lipinski definition) is 5. The third kappa shape index (κ3) is 5.86. The maximum atomic E-state index is 14.1. The van der Waals surface area contributed by atoms with Gasteiger partial charge in [0.05, 0.1) is 22.3 Å². The van der Waals surface area contributed by atoms with E-state index in [1.165, 1.54) is 23.8 Å². The van der Waals surface area contributed by atoms with Gasteiger partial charge in [-0.25, -0.2) is 12.8 Å². The summed E-state index contributed by atoms with van der Waals surface area (Å²) in [4.78, 5) is 15.2. The third-order valence-electron chi connectivity index (χ3n) is 2.81. The minimum atomic E-state index is -3.95. The summed E-state index contributed by atoms with van der Waals surface area (Å²) in [6.45, 7) is 0.302. The predicted octanol–water partition coefficient (Wildman–Crippen LogP) is 1.83. The number of thiazole rings is 1.